The fourth-order valence-electron chi connectivity index (χ4n) is 2.27. The molecule has 0 spiro atoms. The third-order valence-electron chi connectivity index (χ3n) is 3.43. The summed E-state index contributed by atoms with van der Waals surface area (Å²) in [5.74, 6) is 0.947. The molecule has 114 valence electrons. The lowest BCUT2D eigenvalue weighted by molar-refractivity contribution is 0.0509. The van der Waals surface area contributed by atoms with E-state index in [1.54, 1.807) is 0 Å². The second kappa shape index (κ2) is 11.8. The lowest BCUT2D eigenvalue weighted by Crippen LogP contribution is -2.23. The van der Waals surface area contributed by atoms with E-state index in [4.69, 9.17) is 9.47 Å². The van der Waals surface area contributed by atoms with Crippen LogP contribution in [0.15, 0.2) is 30.3 Å². The highest BCUT2D eigenvalue weighted by atomic mass is 16.5. The Kier molecular flexibility index (Phi) is 10.0. The SMILES string of the molecule is CCCCCCCCC(COCC)Oc1ccccc1. The Morgan fingerprint density at radius 1 is 0.900 bits per heavy atom. The smallest absolute Gasteiger partial charge is 0.122 e. The highest BCUT2D eigenvalue weighted by Crippen LogP contribution is 2.16. The van der Waals surface area contributed by atoms with E-state index in [2.05, 4.69) is 6.92 Å². The van der Waals surface area contributed by atoms with Gasteiger partial charge in [-0.05, 0) is 31.9 Å². The number of hydrogen-bond donors (Lipinski definition) is 0. The van der Waals surface area contributed by atoms with Crippen LogP contribution in [0.4, 0.5) is 0 Å². The predicted molar refractivity (Wildman–Crippen MR) is 85.3 cm³/mol. The first-order chi connectivity index (χ1) is 9.86. The summed E-state index contributed by atoms with van der Waals surface area (Å²) in [5.41, 5.74) is 0. The predicted octanol–water partition coefficient (Wildman–Crippen LogP) is 5.22. The summed E-state index contributed by atoms with van der Waals surface area (Å²) < 4.78 is 11.6. The molecule has 0 saturated heterocycles. The van der Waals surface area contributed by atoms with Crippen molar-refractivity contribution in [2.75, 3.05) is 13.2 Å². The zero-order chi connectivity index (χ0) is 14.5. The van der Waals surface area contributed by atoms with Crippen LogP contribution in [0.25, 0.3) is 0 Å². The van der Waals surface area contributed by atoms with Gasteiger partial charge in [0.15, 0.2) is 0 Å². The maximum Gasteiger partial charge on any atom is 0.122 e. The lowest BCUT2D eigenvalue weighted by atomic mass is 10.1. The van der Waals surface area contributed by atoms with Crippen LogP contribution in [0.1, 0.15) is 58.8 Å². The molecule has 0 aliphatic carbocycles. The monoisotopic (exact) mass is 278 g/mol. The molecule has 20 heavy (non-hydrogen) atoms. The number of benzene rings is 1. The van der Waals surface area contributed by atoms with Crippen molar-refractivity contribution in [3.8, 4) is 5.75 Å². The fourth-order valence-corrected chi connectivity index (χ4v) is 2.27. The third-order valence-corrected chi connectivity index (χ3v) is 3.43. The third kappa shape index (κ3) is 8.21. The van der Waals surface area contributed by atoms with Crippen LogP contribution >= 0.6 is 0 Å². The molecule has 0 amide bonds. The molecule has 2 nitrogen and oxygen atoms in total. The number of rotatable bonds is 12. The average molecular weight is 278 g/mol. The number of para-hydroxylation sites is 1. The summed E-state index contributed by atoms with van der Waals surface area (Å²) in [6.45, 7) is 5.74. The average Bonchev–Trinajstić information content (AvgIpc) is 2.49. The van der Waals surface area contributed by atoms with Crippen LogP contribution in [0.3, 0.4) is 0 Å². The van der Waals surface area contributed by atoms with E-state index in [1.165, 1.54) is 38.5 Å². The molecule has 0 heterocycles. The van der Waals surface area contributed by atoms with Crippen LogP contribution in [-0.2, 0) is 4.74 Å². The highest BCUT2D eigenvalue weighted by Gasteiger charge is 2.10. The van der Waals surface area contributed by atoms with Gasteiger partial charge in [-0.2, -0.15) is 0 Å². The molecule has 0 aliphatic heterocycles. The molecule has 0 radical (unpaired) electrons. The van der Waals surface area contributed by atoms with Gasteiger partial charge in [-0.3, -0.25) is 0 Å². The van der Waals surface area contributed by atoms with E-state index >= 15 is 0 Å². The minimum atomic E-state index is 0.184. The van der Waals surface area contributed by atoms with Crippen LogP contribution < -0.4 is 4.74 Å². The quantitative estimate of drug-likeness (QED) is 0.488. The fraction of sp³-hybridized carbons (Fsp3) is 0.667. The van der Waals surface area contributed by atoms with Crippen molar-refractivity contribution < 1.29 is 9.47 Å². The van der Waals surface area contributed by atoms with Gasteiger partial charge >= 0.3 is 0 Å². The molecule has 0 N–H and O–H groups in total. The first-order valence-electron chi connectivity index (χ1n) is 8.16. The first kappa shape index (κ1) is 17.0. The molecule has 0 saturated carbocycles. The summed E-state index contributed by atoms with van der Waals surface area (Å²) in [4.78, 5) is 0. The minimum Gasteiger partial charge on any atom is -0.488 e. The van der Waals surface area contributed by atoms with Gasteiger partial charge in [0.1, 0.15) is 11.9 Å². The number of hydrogen-bond acceptors (Lipinski definition) is 2. The Hall–Kier alpha value is -1.02. The zero-order valence-electron chi connectivity index (χ0n) is 13.1. The maximum absolute atomic E-state index is 6.02. The van der Waals surface area contributed by atoms with Crippen molar-refractivity contribution in [1.82, 2.24) is 0 Å². The Morgan fingerprint density at radius 3 is 2.30 bits per heavy atom. The summed E-state index contributed by atoms with van der Waals surface area (Å²) in [6.07, 6.45) is 9.19. The Labute approximate surface area is 124 Å². The molecule has 0 aliphatic rings. The highest BCUT2D eigenvalue weighted by molar-refractivity contribution is 5.21. The van der Waals surface area contributed by atoms with Crippen LogP contribution in [0, 0.1) is 0 Å². The van der Waals surface area contributed by atoms with Crippen molar-refractivity contribution in [3.63, 3.8) is 0 Å². The molecule has 0 aromatic heterocycles. The standard InChI is InChI=1S/C18H30O2/c1-3-5-6-7-8-10-15-18(16-19-4-2)20-17-13-11-9-12-14-17/h9,11-14,18H,3-8,10,15-16H2,1-2H3. The molecule has 1 atom stereocenters. The van der Waals surface area contributed by atoms with Crippen molar-refractivity contribution in [1.29, 1.82) is 0 Å². The number of ether oxygens (including phenoxy) is 2. The van der Waals surface area contributed by atoms with E-state index in [-0.39, 0.29) is 6.10 Å². The lowest BCUT2D eigenvalue weighted by Gasteiger charge is -2.19. The van der Waals surface area contributed by atoms with Gasteiger partial charge in [0.05, 0.1) is 6.61 Å². The van der Waals surface area contributed by atoms with Gasteiger partial charge < -0.3 is 9.47 Å². The van der Waals surface area contributed by atoms with Crippen molar-refractivity contribution >= 4 is 0 Å². The molecule has 1 rings (SSSR count). The molecule has 1 aromatic carbocycles. The molecule has 2 heteroatoms. The molecule has 1 unspecified atom stereocenters. The largest absolute Gasteiger partial charge is 0.488 e. The Morgan fingerprint density at radius 2 is 1.60 bits per heavy atom. The minimum absolute atomic E-state index is 0.184. The van der Waals surface area contributed by atoms with Crippen LogP contribution in [-0.4, -0.2) is 19.3 Å². The maximum atomic E-state index is 6.02. The van der Waals surface area contributed by atoms with Crippen LogP contribution in [0.2, 0.25) is 0 Å². The second-order valence-corrected chi connectivity index (χ2v) is 5.27. The van der Waals surface area contributed by atoms with Crippen molar-refractivity contribution in [3.05, 3.63) is 30.3 Å². The van der Waals surface area contributed by atoms with Crippen molar-refractivity contribution in [2.24, 2.45) is 0 Å². The zero-order valence-corrected chi connectivity index (χ0v) is 13.1. The normalized spacial score (nSPS) is 12.3. The van der Waals surface area contributed by atoms with Crippen molar-refractivity contribution in [2.45, 2.75) is 64.9 Å². The van der Waals surface area contributed by atoms with Gasteiger partial charge in [0.2, 0.25) is 0 Å². The Balaban J connectivity index is 2.25. The van der Waals surface area contributed by atoms with E-state index in [0.29, 0.717) is 6.61 Å². The Bertz CT molecular complexity index is 310. The summed E-state index contributed by atoms with van der Waals surface area (Å²) in [7, 11) is 0. The van der Waals surface area contributed by atoms with Crippen LogP contribution in [0.5, 0.6) is 5.75 Å². The summed E-state index contributed by atoms with van der Waals surface area (Å²) in [5, 5.41) is 0. The summed E-state index contributed by atoms with van der Waals surface area (Å²) >= 11 is 0. The molecular formula is C18H30O2. The first-order valence-corrected chi connectivity index (χ1v) is 8.16. The van der Waals surface area contributed by atoms with E-state index in [1.807, 2.05) is 37.3 Å². The van der Waals surface area contributed by atoms with E-state index in [9.17, 15) is 0 Å². The van der Waals surface area contributed by atoms with E-state index in [0.717, 1.165) is 18.8 Å². The van der Waals surface area contributed by atoms with Gasteiger partial charge in [0.25, 0.3) is 0 Å². The second-order valence-electron chi connectivity index (χ2n) is 5.27. The van der Waals surface area contributed by atoms with Gasteiger partial charge in [-0.15, -0.1) is 0 Å². The molecular weight excluding hydrogens is 248 g/mol. The molecule has 0 bridgehead atoms. The molecule has 1 aromatic rings. The summed E-state index contributed by atoms with van der Waals surface area (Å²) in [6, 6.07) is 10.1. The van der Waals surface area contributed by atoms with Gasteiger partial charge in [-0.1, -0.05) is 57.2 Å². The van der Waals surface area contributed by atoms with E-state index < -0.39 is 0 Å². The topological polar surface area (TPSA) is 18.5 Å². The van der Waals surface area contributed by atoms with Gasteiger partial charge in [-0.25, -0.2) is 0 Å². The molecule has 0 fully saturated rings. The van der Waals surface area contributed by atoms with Gasteiger partial charge in [0, 0.05) is 6.61 Å². The number of unbranched alkanes of at least 4 members (excludes halogenated alkanes) is 5.